The fourth-order valence-electron chi connectivity index (χ4n) is 4.95. The number of amides is 1. The van der Waals surface area contributed by atoms with Crippen molar-refractivity contribution in [3.8, 4) is 0 Å². The fraction of sp³-hybridized carbons (Fsp3) is 0.636. The third-order valence-electron chi connectivity index (χ3n) is 6.26. The summed E-state index contributed by atoms with van der Waals surface area (Å²) in [5, 5.41) is 0.675. The molecule has 148 valence electrons. The molecule has 2 unspecified atom stereocenters. The van der Waals surface area contributed by atoms with Crippen LogP contribution in [0.5, 0.6) is 0 Å². The number of carbonyl (C=O) groups excluding carboxylic acids is 1. The van der Waals surface area contributed by atoms with Gasteiger partial charge < -0.3 is 4.90 Å². The molecule has 2 heterocycles. The van der Waals surface area contributed by atoms with E-state index in [0.717, 1.165) is 44.3 Å². The zero-order valence-corrected chi connectivity index (χ0v) is 17.7. The second-order valence-corrected chi connectivity index (χ2v) is 8.83. The van der Waals surface area contributed by atoms with E-state index in [1.165, 1.54) is 0 Å². The van der Waals surface area contributed by atoms with Crippen LogP contribution in [-0.2, 0) is 10.2 Å². The lowest BCUT2D eigenvalue weighted by Gasteiger charge is -2.49. The fourth-order valence-corrected chi connectivity index (χ4v) is 5.25. The molecule has 1 aromatic carbocycles. The van der Waals surface area contributed by atoms with Crippen LogP contribution in [0.4, 0.5) is 0 Å². The van der Waals surface area contributed by atoms with Crippen LogP contribution in [0, 0.1) is 0 Å². The van der Waals surface area contributed by atoms with Crippen LogP contribution in [0.15, 0.2) is 29.3 Å². The largest absolute Gasteiger partial charge is 0.358 e. The smallest absolute Gasteiger partial charge is 0.259 e. The SMILES string of the molecule is CC(C)N(CCC1(c2ccccc2Cl)C(=O)N=CN2CCCCC21)C(C)C. The Labute approximate surface area is 168 Å². The molecule has 4 nitrogen and oxygen atoms in total. The minimum Gasteiger partial charge on any atom is -0.358 e. The normalized spacial score (nSPS) is 25.6. The van der Waals surface area contributed by atoms with Gasteiger partial charge >= 0.3 is 0 Å². The van der Waals surface area contributed by atoms with Crippen molar-refractivity contribution in [3.05, 3.63) is 34.9 Å². The van der Waals surface area contributed by atoms with E-state index >= 15 is 0 Å². The van der Waals surface area contributed by atoms with Crippen molar-refractivity contribution in [2.45, 2.75) is 76.9 Å². The molecule has 1 saturated heterocycles. The first-order valence-corrected chi connectivity index (χ1v) is 10.6. The van der Waals surface area contributed by atoms with E-state index in [1.807, 2.05) is 24.3 Å². The minimum atomic E-state index is -0.671. The molecule has 0 spiro atoms. The Kier molecular flexibility index (Phi) is 6.27. The lowest BCUT2D eigenvalue weighted by atomic mass is 9.67. The number of halogens is 1. The van der Waals surface area contributed by atoms with Crippen molar-refractivity contribution in [1.82, 2.24) is 9.80 Å². The standard InChI is InChI=1S/C22H32ClN3O/c1-16(2)26(17(3)4)14-12-22(18-9-5-6-10-19(18)23)20-11-7-8-13-25(20)15-24-21(22)27/h5-6,9-10,15-17,20H,7-8,11-14H2,1-4H3. The summed E-state index contributed by atoms with van der Waals surface area (Å²) in [7, 11) is 0. The van der Waals surface area contributed by atoms with E-state index in [1.54, 1.807) is 6.34 Å². The van der Waals surface area contributed by atoms with Gasteiger partial charge in [-0.1, -0.05) is 29.8 Å². The Bertz CT molecular complexity index is 695. The number of benzene rings is 1. The highest BCUT2D eigenvalue weighted by molar-refractivity contribution is 6.31. The molecule has 5 heteroatoms. The number of fused-ring (bicyclic) bond motifs is 1. The number of aliphatic imine (C=N–C) groups is 1. The maximum atomic E-state index is 13.4. The summed E-state index contributed by atoms with van der Waals surface area (Å²) in [5.41, 5.74) is 0.271. The number of carbonyl (C=O) groups is 1. The molecule has 3 rings (SSSR count). The predicted molar refractivity (Wildman–Crippen MR) is 113 cm³/mol. The number of hydrogen-bond donors (Lipinski definition) is 0. The first-order chi connectivity index (χ1) is 12.9. The summed E-state index contributed by atoms with van der Waals surface area (Å²) in [4.78, 5) is 22.4. The second-order valence-electron chi connectivity index (χ2n) is 8.43. The Morgan fingerprint density at radius 1 is 1.22 bits per heavy atom. The molecular weight excluding hydrogens is 358 g/mol. The average Bonchev–Trinajstić information content (AvgIpc) is 2.63. The van der Waals surface area contributed by atoms with Crippen molar-refractivity contribution in [2.24, 2.45) is 4.99 Å². The van der Waals surface area contributed by atoms with Crippen LogP contribution in [-0.4, -0.2) is 53.3 Å². The summed E-state index contributed by atoms with van der Waals surface area (Å²) in [6.45, 7) is 10.7. The van der Waals surface area contributed by atoms with Gasteiger partial charge in [0.25, 0.3) is 5.91 Å². The molecule has 1 fully saturated rings. The van der Waals surface area contributed by atoms with Crippen LogP contribution < -0.4 is 0 Å². The lowest BCUT2D eigenvalue weighted by molar-refractivity contribution is -0.128. The number of hydrogen-bond acceptors (Lipinski definition) is 3. The molecule has 0 aliphatic carbocycles. The van der Waals surface area contributed by atoms with E-state index in [0.29, 0.717) is 17.1 Å². The summed E-state index contributed by atoms with van der Waals surface area (Å²) in [5.74, 6) is -0.0359. The molecule has 0 bridgehead atoms. The molecule has 0 N–H and O–H groups in total. The highest BCUT2D eigenvalue weighted by Crippen LogP contribution is 2.44. The maximum Gasteiger partial charge on any atom is 0.259 e. The van der Waals surface area contributed by atoms with Crippen LogP contribution in [0.25, 0.3) is 0 Å². The third kappa shape index (κ3) is 3.79. The molecule has 0 saturated carbocycles. The Morgan fingerprint density at radius 2 is 1.93 bits per heavy atom. The van der Waals surface area contributed by atoms with E-state index in [2.05, 4.69) is 42.5 Å². The molecular formula is C22H32ClN3O. The summed E-state index contributed by atoms with van der Waals surface area (Å²) in [6, 6.07) is 8.85. The van der Waals surface area contributed by atoms with Gasteiger partial charge in [-0.3, -0.25) is 9.69 Å². The molecule has 2 aliphatic rings. The van der Waals surface area contributed by atoms with Gasteiger partial charge in [0, 0.05) is 36.2 Å². The molecule has 2 atom stereocenters. The van der Waals surface area contributed by atoms with Crippen LogP contribution in [0.1, 0.15) is 58.9 Å². The molecule has 0 radical (unpaired) electrons. The summed E-state index contributed by atoms with van der Waals surface area (Å²) in [6.07, 6.45) is 5.81. The summed E-state index contributed by atoms with van der Waals surface area (Å²) >= 11 is 6.65. The zero-order chi connectivity index (χ0) is 19.6. The Balaban J connectivity index is 2.05. The average molecular weight is 390 g/mol. The van der Waals surface area contributed by atoms with Crippen molar-refractivity contribution in [2.75, 3.05) is 13.1 Å². The Morgan fingerprint density at radius 3 is 2.59 bits per heavy atom. The van der Waals surface area contributed by atoms with Crippen LogP contribution >= 0.6 is 11.6 Å². The van der Waals surface area contributed by atoms with E-state index in [-0.39, 0.29) is 11.9 Å². The Hall–Kier alpha value is -1.39. The second kappa shape index (κ2) is 8.32. The topological polar surface area (TPSA) is 35.9 Å². The lowest BCUT2D eigenvalue weighted by Crippen LogP contribution is -2.60. The number of piperidine rings is 1. The van der Waals surface area contributed by atoms with Crippen molar-refractivity contribution in [3.63, 3.8) is 0 Å². The van der Waals surface area contributed by atoms with Gasteiger partial charge in [-0.25, -0.2) is 4.99 Å². The molecule has 1 aromatic rings. The summed E-state index contributed by atoms with van der Waals surface area (Å²) < 4.78 is 0. The third-order valence-corrected chi connectivity index (χ3v) is 6.59. The first-order valence-electron chi connectivity index (χ1n) is 10.2. The van der Waals surface area contributed by atoms with Crippen molar-refractivity contribution < 1.29 is 4.79 Å². The van der Waals surface area contributed by atoms with Gasteiger partial charge in [-0.05, 0) is 65.0 Å². The monoisotopic (exact) mass is 389 g/mol. The van der Waals surface area contributed by atoms with E-state index in [4.69, 9.17) is 11.6 Å². The maximum absolute atomic E-state index is 13.4. The van der Waals surface area contributed by atoms with Crippen molar-refractivity contribution >= 4 is 23.8 Å². The van der Waals surface area contributed by atoms with Crippen molar-refractivity contribution in [1.29, 1.82) is 0 Å². The highest BCUT2D eigenvalue weighted by atomic mass is 35.5. The van der Waals surface area contributed by atoms with Gasteiger partial charge in [0.2, 0.25) is 0 Å². The molecule has 1 amide bonds. The predicted octanol–water partition coefficient (Wildman–Crippen LogP) is 4.51. The molecule has 2 aliphatic heterocycles. The van der Waals surface area contributed by atoms with E-state index in [9.17, 15) is 4.79 Å². The first kappa shape index (κ1) is 20.3. The zero-order valence-electron chi connectivity index (χ0n) is 17.0. The van der Waals surface area contributed by atoms with Gasteiger partial charge in [-0.15, -0.1) is 0 Å². The van der Waals surface area contributed by atoms with Gasteiger partial charge in [-0.2, -0.15) is 0 Å². The van der Waals surface area contributed by atoms with Gasteiger partial charge in [0.05, 0.1) is 11.8 Å². The number of nitrogens with zero attached hydrogens (tertiary/aromatic N) is 3. The highest BCUT2D eigenvalue weighted by Gasteiger charge is 2.52. The number of rotatable bonds is 6. The van der Waals surface area contributed by atoms with E-state index < -0.39 is 5.41 Å². The van der Waals surface area contributed by atoms with Gasteiger partial charge in [0.15, 0.2) is 0 Å². The molecule has 0 aromatic heterocycles. The molecule has 27 heavy (non-hydrogen) atoms. The quantitative estimate of drug-likeness (QED) is 0.718. The van der Waals surface area contributed by atoms with Crippen LogP contribution in [0.3, 0.4) is 0 Å². The van der Waals surface area contributed by atoms with Gasteiger partial charge in [0.1, 0.15) is 0 Å². The minimum absolute atomic E-state index is 0.0359. The van der Waals surface area contributed by atoms with Crippen LogP contribution in [0.2, 0.25) is 5.02 Å².